The van der Waals surface area contributed by atoms with Gasteiger partial charge in [0.05, 0.1) is 6.67 Å². The summed E-state index contributed by atoms with van der Waals surface area (Å²) in [4.78, 5) is 10.1. The molecule has 3 saturated heterocycles. The summed E-state index contributed by atoms with van der Waals surface area (Å²) in [6.45, 7) is 16.0. The second-order valence-electron chi connectivity index (χ2n) is 8.45. The van der Waals surface area contributed by atoms with E-state index >= 15 is 0 Å². The molecule has 0 saturated carbocycles. The van der Waals surface area contributed by atoms with Gasteiger partial charge in [0.15, 0.2) is 0 Å². The van der Waals surface area contributed by atoms with Crippen LogP contribution in [0.25, 0.3) is 0 Å². The van der Waals surface area contributed by atoms with Crippen LogP contribution in [-0.2, 0) is 0 Å². The Morgan fingerprint density at radius 3 is 1.92 bits per heavy atom. The minimum Gasteiger partial charge on any atom is -0.306 e. The highest BCUT2D eigenvalue weighted by Crippen LogP contribution is 2.38. The zero-order valence-electron chi connectivity index (χ0n) is 16.9. The maximum atomic E-state index is 2.60. The molecule has 0 aromatic heterocycles. The lowest BCUT2D eigenvalue weighted by Crippen LogP contribution is -2.36. The molecular formula is C20H42N4. The number of nitrogens with zero attached hydrogens (tertiary/aromatic N) is 4. The van der Waals surface area contributed by atoms with Crippen molar-refractivity contribution in [3.8, 4) is 0 Å². The Kier molecular flexibility index (Phi) is 8.48. The monoisotopic (exact) mass is 338 g/mol. The Labute approximate surface area is 151 Å². The average Bonchev–Trinajstić information content (AvgIpc) is 3.17. The van der Waals surface area contributed by atoms with Gasteiger partial charge in [-0.1, -0.05) is 26.7 Å². The predicted octanol–water partition coefficient (Wildman–Crippen LogP) is 2.81. The van der Waals surface area contributed by atoms with E-state index in [-0.39, 0.29) is 0 Å². The maximum absolute atomic E-state index is 2.60. The largest absolute Gasteiger partial charge is 0.306 e. The number of hydrogen-bond donors (Lipinski definition) is 0. The van der Waals surface area contributed by atoms with Crippen LogP contribution in [0, 0.1) is 5.41 Å². The van der Waals surface area contributed by atoms with Gasteiger partial charge in [-0.25, -0.2) is 0 Å². The first-order valence-corrected chi connectivity index (χ1v) is 10.4. The summed E-state index contributed by atoms with van der Waals surface area (Å²) in [5, 5.41) is 0. The second kappa shape index (κ2) is 10.1. The molecule has 1 spiro atoms. The first-order valence-electron chi connectivity index (χ1n) is 10.4. The molecule has 0 amide bonds. The molecule has 3 aliphatic rings. The second-order valence-corrected chi connectivity index (χ2v) is 8.45. The highest BCUT2D eigenvalue weighted by atomic mass is 15.3. The molecular weight excluding hydrogens is 296 g/mol. The normalized spacial score (nSPS) is 31.5. The summed E-state index contributed by atoms with van der Waals surface area (Å²) in [7, 11) is 4.48. The van der Waals surface area contributed by atoms with E-state index in [1.165, 1.54) is 90.9 Å². The zero-order valence-corrected chi connectivity index (χ0v) is 16.9. The van der Waals surface area contributed by atoms with Crippen LogP contribution in [0.2, 0.25) is 0 Å². The third kappa shape index (κ3) is 6.29. The predicted molar refractivity (Wildman–Crippen MR) is 104 cm³/mol. The first kappa shape index (κ1) is 20.2. The molecule has 3 fully saturated rings. The molecule has 0 N–H and O–H groups in total. The minimum absolute atomic E-state index is 0.685. The fourth-order valence-corrected chi connectivity index (χ4v) is 4.60. The van der Waals surface area contributed by atoms with Gasteiger partial charge in [-0.05, 0) is 84.5 Å². The molecule has 0 radical (unpaired) electrons. The summed E-state index contributed by atoms with van der Waals surface area (Å²) < 4.78 is 0. The van der Waals surface area contributed by atoms with Crippen LogP contribution in [-0.4, -0.2) is 92.7 Å². The van der Waals surface area contributed by atoms with Crippen molar-refractivity contribution in [1.29, 1.82) is 0 Å². The number of hydrogen-bond acceptors (Lipinski definition) is 4. The summed E-state index contributed by atoms with van der Waals surface area (Å²) in [6.07, 6.45) is 8.48. The van der Waals surface area contributed by atoms with Gasteiger partial charge in [0.2, 0.25) is 0 Å². The van der Waals surface area contributed by atoms with Crippen molar-refractivity contribution in [1.82, 2.24) is 19.6 Å². The molecule has 0 aliphatic carbocycles. The van der Waals surface area contributed by atoms with E-state index in [1.54, 1.807) is 0 Å². The van der Waals surface area contributed by atoms with Crippen LogP contribution in [0.5, 0.6) is 0 Å². The summed E-state index contributed by atoms with van der Waals surface area (Å²) >= 11 is 0. The Morgan fingerprint density at radius 1 is 0.667 bits per heavy atom. The molecule has 4 heteroatoms. The van der Waals surface area contributed by atoms with E-state index in [2.05, 4.69) is 47.5 Å². The van der Waals surface area contributed by atoms with Crippen molar-refractivity contribution in [2.24, 2.45) is 5.41 Å². The van der Waals surface area contributed by atoms with Crippen molar-refractivity contribution < 1.29 is 0 Å². The average molecular weight is 339 g/mol. The van der Waals surface area contributed by atoms with E-state index in [0.717, 1.165) is 6.67 Å². The van der Waals surface area contributed by atoms with Crippen LogP contribution in [0.15, 0.2) is 0 Å². The highest BCUT2D eigenvalue weighted by Gasteiger charge is 2.41. The standard InChI is InChI=1S/C10H20N2.C10H22N2/c1-3-12-7-5-10(9-12)4-6-11(2)8-10;1-3-12-9-7-5-4-6-8-11(2)10-12/h3-9H2,1-2H3;3-10H2,1-2H3. The third-order valence-electron chi connectivity index (χ3n) is 6.25. The molecule has 142 valence electrons. The molecule has 3 heterocycles. The molecule has 3 rings (SSSR count). The van der Waals surface area contributed by atoms with E-state index in [0.29, 0.717) is 5.41 Å². The van der Waals surface area contributed by atoms with Crippen molar-refractivity contribution in [2.45, 2.75) is 52.4 Å². The summed E-state index contributed by atoms with van der Waals surface area (Å²) in [5.74, 6) is 0. The molecule has 0 aromatic rings. The lowest BCUT2D eigenvalue weighted by molar-refractivity contribution is 0.165. The van der Waals surface area contributed by atoms with Gasteiger partial charge in [-0.15, -0.1) is 0 Å². The summed E-state index contributed by atoms with van der Waals surface area (Å²) in [5.41, 5.74) is 0.685. The van der Waals surface area contributed by atoms with Crippen LogP contribution < -0.4 is 0 Å². The first-order chi connectivity index (χ1) is 11.6. The minimum atomic E-state index is 0.685. The van der Waals surface area contributed by atoms with Crippen molar-refractivity contribution in [3.63, 3.8) is 0 Å². The fourth-order valence-electron chi connectivity index (χ4n) is 4.60. The van der Waals surface area contributed by atoms with Crippen LogP contribution in [0.3, 0.4) is 0 Å². The van der Waals surface area contributed by atoms with Gasteiger partial charge < -0.3 is 9.80 Å². The molecule has 0 aromatic carbocycles. The highest BCUT2D eigenvalue weighted by molar-refractivity contribution is 4.95. The van der Waals surface area contributed by atoms with Crippen molar-refractivity contribution in [3.05, 3.63) is 0 Å². The van der Waals surface area contributed by atoms with Crippen molar-refractivity contribution in [2.75, 3.05) is 73.1 Å². The van der Waals surface area contributed by atoms with Gasteiger partial charge in [0, 0.05) is 13.1 Å². The van der Waals surface area contributed by atoms with Gasteiger partial charge in [0.25, 0.3) is 0 Å². The molecule has 24 heavy (non-hydrogen) atoms. The van der Waals surface area contributed by atoms with E-state index < -0.39 is 0 Å². The third-order valence-corrected chi connectivity index (χ3v) is 6.25. The molecule has 3 aliphatic heterocycles. The van der Waals surface area contributed by atoms with Crippen LogP contribution >= 0.6 is 0 Å². The molecule has 0 bridgehead atoms. The van der Waals surface area contributed by atoms with Crippen LogP contribution in [0.1, 0.15) is 52.4 Å². The Bertz CT molecular complexity index is 349. The fraction of sp³-hybridized carbons (Fsp3) is 1.00. The number of likely N-dealkylation sites (tertiary alicyclic amines) is 2. The zero-order chi connectivity index (χ0) is 17.4. The maximum Gasteiger partial charge on any atom is 0.0503 e. The van der Waals surface area contributed by atoms with Gasteiger partial charge in [0.1, 0.15) is 0 Å². The SMILES string of the molecule is CCN1CCC2(CCN(C)C2)C1.CCN1CCCCCCN(C)C1. The summed E-state index contributed by atoms with van der Waals surface area (Å²) in [6, 6.07) is 0. The Hall–Kier alpha value is -0.160. The topological polar surface area (TPSA) is 13.0 Å². The smallest absolute Gasteiger partial charge is 0.0503 e. The van der Waals surface area contributed by atoms with E-state index in [4.69, 9.17) is 0 Å². The van der Waals surface area contributed by atoms with Gasteiger partial charge in [-0.2, -0.15) is 0 Å². The Morgan fingerprint density at radius 2 is 1.33 bits per heavy atom. The lowest BCUT2D eigenvalue weighted by atomic mass is 9.86. The van der Waals surface area contributed by atoms with E-state index in [9.17, 15) is 0 Å². The van der Waals surface area contributed by atoms with Crippen molar-refractivity contribution >= 4 is 0 Å². The molecule has 1 unspecified atom stereocenters. The molecule has 4 nitrogen and oxygen atoms in total. The number of rotatable bonds is 2. The van der Waals surface area contributed by atoms with Crippen LogP contribution in [0.4, 0.5) is 0 Å². The van der Waals surface area contributed by atoms with Gasteiger partial charge in [-0.3, -0.25) is 9.80 Å². The van der Waals surface area contributed by atoms with Gasteiger partial charge >= 0.3 is 0 Å². The van der Waals surface area contributed by atoms with E-state index in [1.807, 2.05) is 0 Å². The lowest BCUT2D eigenvalue weighted by Gasteiger charge is -2.25. The molecule has 1 atom stereocenters. The Balaban J connectivity index is 0.000000174. The quantitative estimate of drug-likeness (QED) is 0.767.